The number of fused-ring (bicyclic) bond motifs is 1. The van der Waals surface area contributed by atoms with E-state index in [0.29, 0.717) is 24.5 Å². The van der Waals surface area contributed by atoms with Gasteiger partial charge in [-0.2, -0.15) is 0 Å². The molecule has 9 heteroatoms. The van der Waals surface area contributed by atoms with Crippen molar-refractivity contribution in [2.24, 2.45) is 0 Å². The standard InChI is InChI=1S/C27H28ClNO7.C2H6/c1-16-18(4-3-5-20(16)17-6-7-23-25(11-17)35-9-8-34-23)14-36-24-12-22(31)19(10-21(24)28)13-29-27(2,15-30)26(32)33;1-2/h3-7,10-12,29-31H,8-9,13-15H2,1-2H3,(H,32,33);1-2H3/t27-;/m1./s1. The number of nitrogens with one attached hydrogen (secondary N) is 1. The predicted molar refractivity (Wildman–Crippen MR) is 146 cm³/mol. The zero-order chi connectivity index (χ0) is 27.9. The number of aromatic hydroxyl groups is 1. The number of phenolic OH excluding ortho intramolecular Hbond substituents is 1. The van der Waals surface area contributed by atoms with Gasteiger partial charge in [-0.15, -0.1) is 0 Å². The number of aliphatic hydroxyl groups excluding tert-OH is 1. The topological polar surface area (TPSA) is 117 Å². The smallest absolute Gasteiger partial charge is 0.326 e. The third kappa shape index (κ3) is 6.51. The number of hydrogen-bond acceptors (Lipinski definition) is 7. The maximum Gasteiger partial charge on any atom is 0.326 e. The van der Waals surface area contributed by atoms with Gasteiger partial charge in [0, 0.05) is 18.2 Å². The second-order valence-electron chi connectivity index (χ2n) is 8.80. The summed E-state index contributed by atoms with van der Waals surface area (Å²) in [5, 5.41) is 32.1. The molecule has 0 saturated carbocycles. The van der Waals surface area contributed by atoms with Crippen LogP contribution >= 0.6 is 11.6 Å². The Morgan fingerprint density at radius 2 is 1.79 bits per heavy atom. The molecule has 3 aromatic rings. The van der Waals surface area contributed by atoms with Gasteiger partial charge in [0.05, 0.1) is 11.6 Å². The van der Waals surface area contributed by atoms with Crippen LogP contribution in [0.4, 0.5) is 0 Å². The van der Waals surface area contributed by atoms with E-state index < -0.39 is 18.1 Å². The van der Waals surface area contributed by atoms with E-state index in [0.717, 1.165) is 33.8 Å². The number of benzene rings is 3. The number of aliphatic hydroxyl groups is 1. The normalized spacial score (nSPS) is 13.6. The van der Waals surface area contributed by atoms with Gasteiger partial charge in [0.1, 0.15) is 36.9 Å². The molecule has 0 unspecified atom stereocenters. The van der Waals surface area contributed by atoms with Crippen molar-refractivity contribution in [1.29, 1.82) is 0 Å². The quantitative estimate of drug-likeness (QED) is 0.286. The molecule has 0 aromatic heterocycles. The molecule has 0 aliphatic carbocycles. The number of phenols is 1. The highest BCUT2D eigenvalue weighted by Gasteiger charge is 2.32. The van der Waals surface area contributed by atoms with Crippen LogP contribution in [0.2, 0.25) is 5.02 Å². The Morgan fingerprint density at radius 3 is 2.47 bits per heavy atom. The van der Waals surface area contributed by atoms with Gasteiger partial charge in [-0.05, 0) is 54.3 Å². The first kappa shape index (κ1) is 29.1. The second kappa shape index (κ2) is 12.9. The fraction of sp³-hybridized carbons (Fsp3) is 0.345. The van der Waals surface area contributed by atoms with Crippen molar-refractivity contribution >= 4 is 17.6 Å². The minimum absolute atomic E-state index is 0.00806. The highest BCUT2D eigenvalue weighted by Crippen LogP contribution is 2.37. The maximum atomic E-state index is 11.4. The molecule has 3 aromatic carbocycles. The van der Waals surface area contributed by atoms with Crippen molar-refractivity contribution in [2.45, 2.75) is 46.4 Å². The summed E-state index contributed by atoms with van der Waals surface area (Å²) in [6, 6.07) is 14.7. The largest absolute Gasteiger partial charge is 0.507 e. The highest BCUT2D eigenvalue weighted by molar-refractivity contribution is 6.32. The molecule has 0 bridgehead atoms. The minimum atomic E-state index is -1.55. The first-order valence-electron chi connectivity index (χ1n) is 12.4. The lowest BCUT2D eigenvalue weighted by Crippen LogP contribution is -2.52. The number of carbonyl (C=O) groups is 1. The molecule has 4 N–H and O–H groups in total. The molecule has 1 aliphatic heterocycles. The fourth-order valence-corrected chi connectivity index (χ4v) is 4.09. The summed E-state index contributed by atoms with van der Waals surface area (Å²) in [5.74, 6) is 0.447. The van der Waals surface area contributed by atoms with Crippen molar-refractivity contribution in [1.82, 2.24) is 5.32 Å². The number of rotatable bonds is 9. The summed E-state index contributed by atoms with van der Waals surface area (Å²) in [6.45, 7) is 8.04. The van der Waals surface area contributed by atoms with E-state index in [9.17, 15) is 20.1 Å². The van der Waals surface area contributed by atoms with Crippen LogP contribution in [0, 0.1) is 6.92 Å². The number of halogens is 1. The molecule has 0 radical (unpaired) electrons. The van der Waals surface area contributed by atoms with Gasteiger partial charge in [-0.25, -0.2) is 0 Å². The number of hydrogen-bond donors (Lipinski definition) is 4. The molecule has 1 heterocycles. The zero-order valence-electron chi connectivity index (χ0n) is 22.0. The van der Waals surface area contributed by atoms with Gasteiger partial charge >= 0.3 is 5.97 Å². The van der Waals surface area contributed by atoms with Crippen LogP contribution in [0.5, 0.6) is 23.0 Å². The van der Waals surface area contributed by atoms with Gasteiger partial charge < -0.3 is 29.5 Å². The first-order valence-corrected chi connectivity index (χ1v) is 12.8. The Hall–Kier alpha value is -3.46. The van der Waals surface area contributed by atoms with Crippen LogP contribution < -0.4 is 19.5 Å². The molecule has 1 atom stereocenters. The van der Waals surface area contributed by atoms with E-state index in [2.05, 4.69) is 5.32 Å². The Kier molecular flexibility index (Phi) is 9.85. The van der Waals surface area contributed by atoms with Crippen LogP contribution in [-0.2, 0) is 17.9 Å². The molecule has 0 fully saturated rings. The van der Waals surface area contributed by atoms with Gasteiger partial charge in [0.15, 0.2) is 11.5 Å². The molecule has 38 heavy (non-hydrogen) atoms. The van der Waals surface area contributed by atoms with Crippen molar-refractivity contribution < 1.29 is 34.3 Å². The number of carboxylic acid groups (broad SMARTS) is 1. The van der Waals surface area contributed by atoms with Gasteiger partial charge in [0.25, 0.3) is 0 Å². The first-order chi connectivity index (χ1) is 18.2. The molecular formula is C29H34ClNO7. The predicted octanol–water partition coefficient (Wildman–Crippen LogP) is 5.32. The Labute approximate surface area is 227 Å². The summed E-state index contributed by atoms with van der Waals surface area (Å²) in [4.78, 5) is 11.4. The summed E-state index contributed by atoms with van der Waals surface area (Å²) in [5.41, 5.74) is 2.85. The molecule has 0 amide bonds. The summed E-state index contributed by atoms with van der Waals surface area (Å²) < 4.78 is 17.3. The van der Waals surface area contributed by atoms with Gasteiger partial charge in [-0.3, -0.25) is 10.1 Å². The van der Waals surface area contributed by atoms with E-state index in [1.807, 2.05) is 57.2 Å². The van der Waals surface area contributed by atoms with E-state index in [4.69, 9.17) is 25.8 Å². The SMILES string of the molecule is CC.Cc1c(COc2cc(O)c(CN[C@](C)(CO)C(=O)O)cc2Cl)cccc1-c1ccc2c(c1)OCCO2. The van der Waals surface area contributed by atoms with Crippen LogP contribution in [-0.4, -0.2) is 46.6 Å². The monoisotopic (exact) mass is 543 g/mol. The molecule has 0 saturated heterocycles. The molecular weight excluding hydrogens is 510 g/mol. The number of ether oxygens (including phenoxy) is 3. The van der Waals surface area contributed by atoms with E-state index in [-0.39, 0.29) is 23.9 Å². The summed E-state index contributed by atoms with van der Waals surface area (Å²) in [7, 11) is 0. The van der Waals surface area contributed by atoms with Gasteiger partial charge in [-0.1, -0.05) is 49.7 Å². The Balaban J connectivity index is 0.00000195. The number of aliphatic carboxylic acids is 1. The lowest BCUT2D eigenvalue weighted by Gasteiger charge is -2.24. The molecule has 1 aliphatic rings. The Bertz CT molecular complexity index is 1280. The van der Waals surface area contributed by atoms with Crippen LogP contribution in [0.15, 0.2) is 48.5 Å². The number of carboxylic acids is 1. The van der Waals surface area contributed by atoms with Gasteiger partial charge in [0.2, 0.25) is 0 Å². The summed E-state index contributed by atoms with van der Waals surface area (Å²) in [6.07, 6.45) is 0. The van der Waals surface area contributed by atoms with Crippen LogP contribution in [0.1, 0.15) is 37.5 Å². The minimum Gasteiger partial charge on any atom is -0.507 e. The van der Waals surface area contributed by atoms with Crippen molar-refractivity contribution in [3.05, 3.63) is 70.2 Å². The summed E-state index contributed by atoms with van der Waals surface area (Å²) >= 11 is 6.39. The lowest BCUT2D eigenvalue weighted by atomic mass is 9.96. The van der Waals surface area contributed by atoms with E-state index in [1.54, 1.807) is 0 Å². The third-order valence-corrected chi connectivity index (χ3v) is 6.57. The van der Waals surface area contributed by atoms with Crippen molar-refractivity contribution in [3.8, 4) is 34.1 Å². The molecule has 4 rings (SSSR count). The molecule has 204 valence electrons. The average molecular weight is 544 g/mol. The van der Waals surface area contributed by atoms with E-state index >= 15 is 0 Å². The van der Waals surface area contributed by atoms with Crippen molar-refractivity contribution in [3.63, 3.8) is 0 Å². The fourth-order valence-electron chi connectivity index (χ4n) is 3.84. The molecule has 0 spiro atoms. The van der Waals surface area contributed by atoms with E-state index in [1.165, 1.54) is 19.1 Å². The van der Waals surface area contributed by atoms with Crippen LogP contribution in [0.25, 0.3) is 11.1 Å². The highest BCUT2D eigenvalue weighted by atomic mass is 35.5. The third-order valence-electron chi connectivity index (χ3n) is 6.27. The second-order valence-corrected chi connectivity index (χ2v) is 9.20. The average Bonchev–Trinajstić information content (AvgIpc) is 2.93. The molecule has 8 nitrogen and oxygen atoms in total. The van der Waals surface area contributed by atoms with Crippen LogP contribution in [0.3, 0.4) is 0 Å². The maximum absolute atomic E-state index is 11.4. The lowest BCUT2D eigenvalue weighted by molar-refractivity contribution is -0.145. The zero-order valence-corrected chi connectivity index (χ0v) is 22.8. The van der Waals surface area contributed by atoms with Crippen molar-refractivity contribution in [2.75, 3.05) is 19.8 Å². The Morgan fingerprint density at radius 1 is 1.08 bits per heavy atom.